The molecule has 19 heavy (non-hydrogen) atoms. The fourth-order valence-corrected chi connectivity index (χ4v) is 4.05. The molecule has 2 rings (SSSR count). The van der Waals surface area contributed by atoms with E-state index < -0.39 is 5.97 Å². The monoisotopic (exact) mass is 268 g/mol. The maximum atomic E-state index is 10.7. The number of hydrogen-bond acceptors (Lipinski definition) is 3. The zero-order chi connectivity index (χ0) is 14.0. The summed E-state index contributed by atoms with van der Waals surface area (Å²) in [6, 6.07) is 0.700. The third-order valence-electron chi connectivity index (χ3n) is 4.65. The summed E-state index contributed by atoms with van der Waals surface area (Å²) < 4.78 is 0. The summed E-state index contributed by atoms with van der Waals surface area (Å²) >= 11 is 0. The van der Waals surface area contributed by atoms with Crippen LogP contribution in [-0.2, 0) is 4.79 Å². The van der Waals surface area contributed by atoms with Crippen LogP contribution in [0.5, 0.6) is 0 Å². The van der Waals surface area contributed by atoms with Crippen molar-refractivity contribution < 1.29 is 9.90 Å². The standard InChI is InChI=1S/C15H28N2O2/c1-12-8-13(10-15(2,3)9-12)17-6-4-16(5-7-17)11-14(18)19/h12-13H,4-11H2,1-3H3,(H,18,19). The van der Waals surface area contributed by atoms with E-state index >= 15 is 0 Å². The summed E-state index contributed by atoms with van der Waals surface area (Å²) in [5.41, 5.74) is 0.459. The summed E-state index contributed by atoms with van der Waals surface area (Å²) in [6.07, 6.45) is 3.93. The molecule has 2 aliphatic rings. The predicted octanol–water partition coefficient (Wildman–Crippen LogP) is 1.90. The predicted molar refractivity (Wildman–Crippen MR) is 76.2 cm³/mol. The van der Waals surface area contributed by atoms with Gasteiger partial charge in [0.25, 0.3) is 0 Å². The van der Waals surface area contributed by atoms with Crippen molar-refractivity contribution in [1.29, 1.82) is 0 Å². The molecule has 1 N–H and O–H groups in total. The highest BCUT2D eigenvalue weighted by Gasteiger charge is 2.35. The first-order valence-corrected chi connectivity index (χ1v) is 7.54. The third kappa shape index (κ3) is 4.18. The highest BCUT2D eigenvalue weighted by atomic mass is 16.4. The van der Waals surface area contributed by atoms with Gasteiger partial charge < -0.3 is 5.11 Å². The quantitative estimate of drug-likeness (QED) is 0.849. The molecule has 0 bridgehead atoms. The van der Waals surface area contributed by atoms with Crippen LogP contribution in [0.2, 0.25) is 0 Å². The van der Waals surface area contributed by atoms with Crippen molar-refractivity contribution in [3.63, 3.8) is 0 Å². The van der Waals surface area contributed by atoms with Gasteiger partial charge in [0, 0.05) is 32.2 Å². The summed E-state index contributed by atoms with van der Waals surface area (Å²) in [5.74, 6) is 0.103. The van der Waals surface area contributed by atoms with E-state index in [1.54, 1.807) is 0 Å². The van der Waals surface area contributed by atoms with E-state index in [0.29, 0.717) is 11.5 Å². The average Bonchev–Trinajstić information content (AvgIpc) is 2.26. The van der Waals surface area contributed by atoms with Gasteiger partial charge in [0.1, 0.15) is 0 Å². The molecule has 0 aromatic rings. The van der Waals surface area contributed by atoms with Gasteiger partial charge in [0.15, 0.2) is 0 Å². The Balaban J connectivity index is 1.85. The van der Waals surface area contributed by atoms with Gasteiger partial charge in [-0.05, 0) is 30.6 Å². The van der Waals surface area contributed by atoms with E-state index in [-0.39, 0.29) is 6.54 Å². The number of carboxylic acids is 1. The van der Waals surface area contributed by atoms with Crippen LogP contribution in [0.4, 0.5) is 0 Å². The van der Waals surface area contributed by atoms with Gasteiger partial charge >= 0.3 is 5.97 Å². The lowest BCUT2D eigenvalue weighted by Crippen LogP contribution is -2.53. The number of carboxylic acid groups (broad SMARTS) is 1. The lowest BCUT2D eigenvalue weighted by atomic mass is 9.70. The van der Waals surface area contributed by atoms with Crippen molar-refractivity contribution in [3.05, 3.63) is 0 Å². The minimum atomic E-state index is -0.708. The maximum absolute atomic E-state index is 10.7. The molecule has 1 aliphatic carbocycles. The molecule has 1 saturated heterocycles. The molecule has 2 fully saturated rings. The largest absolute Gasteiger partial charge is 0.480 e. The molecule has 1 heterocycles. The van der Waals surface area contributed by atoms with Crippen molar-refractivity contribution in [2.24, 2.45) is 11.3 Å². The van der Waals surface area contributed by atoms with Gasteiger partial charge in [0.2, 0.25) is 0 Å². The van der Waals surface area contributed by atoms with Crippen molar-refractivity contribution >= 4 is 5.97 Å². The SMILES string of the molecule is CC1CC(N2CCN(CC(=O)O)CC2)CC(C)(C)C1. The molecule has 4 heteroatoms. The van der Waals surface area contributed by atoms with Crippen LogP contribution in [0.1, 0.15) is 40.0 Å². The Morgan fingerprint density at radius 2 is 1.84 bits per heavy atom. The Morgan fingerprint density at radius 3 is 2.37 bits per heavy atom. The van der Waals surface area contributed by atoms with Crippen LogP contribution in [0, 0.1) is 11.3 Å². The molecule has 1 saturated carbocycles. The Bertz CT molecular complexity index is 322. The van der Waals surface area contributed by atoms with Gasteiger partial charge in [-0.15, -0.1) is 0 Å². The first-order valence-electron chi connectivity index (χ1n) is 7.54. The second kappa shape index (κ2) is 5.80. The summed E-state index contributed by atoms with van der Waals surface area (Å²) in [7, 11) is 0. The normalized spacial score (nSPS) is 33.2. The second-order valence-electron chi connectivity index (χ2n) is 7.27. The van der Waals surface area contributed by atoms with Crippen molar-refractivity contribution in [2.75, 3.05) is 32.7 Å². The van der Waals surface area contributed by atoms with E-state index in [1.165, 1.54) is 19.3 Å². The molecule has 0 aromatic carbocycles. The lowest BCUT2D eigenvalue weighted by molar-refractivity contribution is -0.138. The van der Waals surface area contributed by atoms with Gasteiger partial charge in [-0.25, -0.2) is 0 Å². The van der Waals surface area contributed by atoms with Crippen molar-refractivity contribution in [3.8, 4) is 0 Å². The molecule has 2 unspecified atom stereocenters. The summed E-state index contributed by atoms with van der Waals surface area (Å²) in [4.78, 5) is 15.4. The molecule has 110 valence electrons. The highest BCUT2D eigenvalue weighted by molar-refractivity contribution is 5.69. The minimum absolute atomic E-state index is 0.195. The van der Waals surface area contributed by atoms with Gasteiger partial charge in [-0.2, -0.15) is 0 Å². The zero-order valence-electron chi connectivity index (χ0n) is 12.6. The van der Waals surface area contributed by atoms with Gasteiger partial charge in [0.05, 0.1) is 6.54 Å². The number of rotatable bonds is 3. The molecule has 0 spiro atoms. The Labute approximate surface area is 116 Å². The van der Waals surface area contributed by atoms with Crippen LogP contribution in [0.3, 0.4) is 0 Å². The van der Waals surface area contributed by atoms with Crippen LogP contribution in [0.15, 0.2) is 0 Å². The Morgan fingerprint density at radius 1 is 1.21 bits per heavy atom. The van der Waals surface area contributed by atoms with Crippen molar-refractivity contribution in [1.82, 2.24) is 9.80 Å². The molecule has 4 nitrogen and oxygen atoms in total. The lowest BCUT2D eigenvalue weighted by Gasteiger charge is -2.46. The van der Waals surface area contributed by atoms with E-state index in [4.69, 9.17) is 5.11 Å². The molecule has 1 aliphatic heterocycles. The van der Waals surface area contributed by atoms with Crippen LogP contribution in [-0.4, -0.2) is 59.6 Å². The van der Waals surface area contributed by atoms with Gasteiger partial charge in [-0.3, -0.25) is 14.6 Å². The van der Waals surface area contributed by atoms with E-state index in [1.807, 2.05) is 0 Å². The zero-order valence-corrected chi connectivity index (χ0v) is 12.6. The number of nitrogens with zero attached hydrogens (tertiary/aromatic N) is 2. The van der Waals surface area contributed by atoms with Gasteiger partial charge in [-0.1, -0.05) is 20.8 Å². The average molecular weight is 268 g/mol. The maximum Gasteiger partial charge on any atom is 0.317 e. The Kier molecular flexibility index (Phi) is 4.51. The number of piperazine rings is 1. The molecule has 0 radical (unpaired) electrons. The Hall–Kier alpha value is -0.610. The summed E-state index contributed by atoms with van der Waals surface area (Å²) in [6.45, 7) is 11.2. The van der Waals surface area contributed by atoms with Crippen LogP contribution >= 0.6 is 0 Å². The third-order valence-corrected chi connectivity index (χ3v) is 4.65. The number of hydrogen-bond donors (Lipinski definition) is 1. The van der Waals surface area contributed by atoms with E-state index in [2.05, 4.69) is 30.6 Å². The van der Waals surface area contributed by atoms with Crippen LogP contribution in [0.25, 0.3) is 0 Å². The number of aliphatic carboxylic acids is 1. The van der Waals surface area contributed by atoms with E-state index in [0.717, 1.165) is 32.1 Å². The first-order chi connectivity index (χ1) is 8.85. The smallest absolute Gasteiger partial charge is 0.317 e. The molecular formula is C15H28N2O2. The molecule has 2 atom stereocenters. The van der Waals surface area contributed by atoms with E-state index in [9.17, 15) is 4.79 Å². The molecule has 0 aromatic heterocycles. The second-order valence-corrected chi connectivity index (χ2v) is 7.27. The fraction of sp³-hybridized carbons (Fsp3) is 0.933. The first kappa shape index (κ1) is 14.8. The summed E-state index contributed by atoms with van der Waals surface area (Å²) in [5, 5.41) is 8.83. The topological polar surface area (TPSA) is 43.8 Å². The molecule has 0 amide bonds. The molecular weight excluding hydrogens is 240 g/mol. The van der Waals surface area contributed by atoms with Crippen LogP contribution < -0.4 is 0 Å². The van der Waals surface area contributed by atoms with Crippen molar-refractivity contribution in [2.45, 2.75) is 46.1 Å². The number of carbonyl (C=O) groups is 1. The minimum Gasteiger partial charge on any atom is -0.480 e. The highest BCUT2D eigenvalue weighted by Crippen LogP contribution is 2.40. The fourth-order valence-electron chi connectivity index (χ4n) is 4.05.